The van der Waals surface area contributed by atoms with E-state index in [9.17, 15) is 0 Å². The minimum absolute atomic E-state index is 0.139. The van der Waals surface area contributed by atoms with Gasteiger partial charge < -0.3 is 19.2 Å². The van der Waals surface area contributed by atoms with E-state index in [0.29, 0.717) is 0 Å². The largest absolute Gasteiger partial charge is 0.456 e. The van der Waals surface area contributed by atoms with Crippen LogP contribution in [-0.4, -0.2) is 10.4 Å². The Morgan fingerprint density at radius 2 is 1.28 bits per heavy atom. The highest BCUT2D eigenvalue weighted by atomic mass is 16.3. The van der Waals surface area contributed by atoms with Gasteiger partial charge >= 0.3 is 0 Å². The number of nitrogens with one attached hydrogen (secondary N) is 1. The molecular formula is C55H40N4O. The molecule has 5 nitrogen and oxygen atoms in total. The van der Waals surface area contributed by atoms with E-state index in [4.69, 9.17) is 9.41 Å². The van der Waals surface area contributed by atoms with E-state index >= 15 is 0 Å². The zero-order valence-electron chi connectivity index (χ0n) is 33.3. The molecule has 0 spiro atoms. The third-order valence-electron chi connectivity index (χ3n) is 12.6. The molecule has 8 aromatic carbocycles. The maximum absolute atomic E-state index is 6.54. The first-order valence-electron chi connectivity index (χ1n) is 20.7. The molecule has 2 aliphatic rings. The van der Waals surface area contributed by atoms with Gasteiger partial charge in [-0.25, -0.2) is 4.99 Å². The second-order valence-electron chi connectivity index (χ2n) is 16.4. The van der Waals surface area contributed by atoms with Gasteiger partial charge in [0.25, 0.3) is 0 Å². The Labute approximate surface area is 348 Å². The van der Waals surface area contributed by atoms with Gasteiger partial charge in [0.15, 0.2) is 5.76 Å². The molecule has 1 atom stereocenters. The van der Waals surface area contributed by atoms with Crippen LogP contribution in [0.5, 0.6) is 0 Å². The summed E-state index contributed by atoms with van der Waals surface area (Å²) in [7, 11) is 0. The van der Waals surface area contributed by atoms with Gasteiger partial charge in [0.2, 0.25) is 0 Å². The number of para-hydroxylation sites is 3. The van der Waals surface area contributed by atoms with Crippen LogP contribution >= 0.6 is 0 Å². The standard InChI is InChI=1S/C55H40N4O/c1-55(2)42-26-14-12-24-39(42)49-43(55)27-16-28-45(49)59(38-22-10-5-11-23-38)47-30-17-29-46-50(47)41-34-36(32-33-44(41)58(46)37-20-8-4-9-21-37)54-56-51(35-18-6-3-7-19-35)53-52(57-54)40-25-13-15-31-48(40)60-53/h3-34,51H,1-2H3,(H,56,57). The molecule has 1 aliphatic carbocycles. The van der Waals surface area contributed by atoms with Crippen LogP contribution in [-0.2, 0) is 5.41 Å². The molecule has 0 fully saturated rings. The lowest BCUT2D eigenvalue weighted by Gasteiger charge is -2.29. The number of anilines is 3. The summed E-state index contributed by atoms with van der Waals surface area (Å²) in [5.41, 5.74) is 15.7. The number of benzene rings is 8. The molecule has 0 radical (unpaired) electrons. The number of amidine groups is 1. The number of nitrogens with zero attached hydrogens (tertiary/aromatic N) is 3. The van der Waals surface area contributed by atoms with E-state index in [0.717, 1.165) is 83.9 Å². The molecule has 10 aromatic rings. The van der Waals surface area contributed by atoms with E-state index in [1.54, 1.807) is 0 Å². The quantitative estimate of drug-likeness (QED) is 0.183. The lowest BCUT2D eigenvalue weighted by atomic mass is 9.82. The van der Waals surface area contributed by atoms with Crippen molar-refractivity contribution >= 4 is 61.4 Å². The van der Waals surface area contributed by atoms with E-state index in [1.165, 1.54) is 22.3 Å². The second kappa shape index (κ2) is 13.2. The highest BCUT2D eigenvalue weighted by molar-refractivity contribution is 6.19. The molecule has 286 valence electrons. The van der Waals surface area contributed by atoms with Crippen molar-refractivity contribution in [2.24, 2.45) is 4.99 Å². The van der Waals surface area contributed by atoms with Crippen LogP contribution < -0.4 is 10.2 Å². The van der Waals surface area contributed by atoms with Crippen LogP contribution in [0.3, 0.4) is 0 Å². The van der Waals surface area contributed by atoms with Gasteiger partial charge in [0, 0.05) is 44.1 Å². The summed E-state index contributed by atoms with van der Waals surface area (Å²) < 4.78 is 8.94. The van der Waals surface area contributed by atoms with Gasteiger partial charge in [-0.3, -0.25) is 0 Å². The molecule has 1 unspecified atom stereocenters. The number of hydrogen-bond acceptors (Lipinski definition) is 4. The number of furan rings is 1. The molecule has 3 heterocycles. The van der Waals surface area contributed by atoms with Crippen LogP contribution in [0.1, 0.15) is 47.9 Å². The molecule has 2 aromatic heterocycles. The van der Waals surface area contributed by atoms with Gasteiger partial charge in [-0.2, -0.15) is 0 Å². The monoisotopic (exact) mass is 772 g/mol. The van der Waals surface area contributed by atoms with Gasteiger partial charge in [-0.15, -0.1) is 0 Å². The predicted molar refractivity (Wildman–Crippen MR) is 247 cm³/mol. The summed E-state index contributed by atoms with van der Waals surface area (Å²) in [6.45, 7) is 4.70. The van der Waals surface area contributed by atoms with Gasteiger partial charge in [0.1, 0.15) is 23.1 Å². The number of aliphatic imine (C=N–C) groups is 1. The molecule has 60 heavy (non-hydrogen) atoms. The van der Waals surface area contributed by atoms with Crippen LogP contribution in [0, 0.1) is 0 Å². The number of fused-ring (bicyclic) bond motifs is 9. The average Bonchev–Trinajstić information content (AvgIpc) is 3.93. The van der Waals surface area contributed by atoms with Crippen molar-refractivity contribution in [3.8, 4) is 16.8 Å². The van der Waals surface area contributed by atoms with Crippen molar-refractivity contribution in [2.75, 3.05) is 4.90 Å². The number of hydrogen-bond donors (Lipinski definition) is 1. The Kier molecular flexibility index (Phi) is 7.57. The molecule has 1 aliphatic heterocycles. The van der Waals surface area contributed by atoms with Crippen molar-refractivity contribution in [2.45, 2.75) is 25.3 Å². The third-order valence-corrected chi connectivity index (χ3v) is 12.6. The lowest BCUT2D eigenvalue weighted by Crippen LogP contribution is -2.32. The Balaban J connectivity index is 1.14. The molecular weight excluding hydrogens is 733 g/mol. The summed E-state index contributed by atoms with van der Waals surface area (Å²) in [6.07, 6.45) is 0. The predicted octanol–water partition coefficient (Wildman–Crippen LogP) is 14.1. The van der Waals surface area contributed by atoms with E-state index in [2.05, 4.69) is 211 Å². The summed E-state index contributed by atoms with van der Waals surface area (Å²) in [5.74, 6) is 1.64. The molecule has 0 saturated heterocycles. The zero-order chi connectivity index (χ0) is 40.0. The van der Waals surface area contributed by atoms with Gasteiger partial charge in [-0.05, 0) is 95.1 Å². The van der Waals surface area contributed by atoms with Crippen LogP contribution in [0.15, 0.2) is 204 Å². The maximum atomic E-state index is 6.54. The normalized spacial score (nSPS) is 15.0. The molecule has 12 rings (SSSR count). The van der Waals surface area contributed by atoms with Crippen LogP contribution in [0.25, 0.3) is 49.6 Å². The first-order chi connectivity index (χ1) is 29.5. The van der Waals surface area contributed by atoms with Crippen molar-refractivity contribution in [1.82, 2.24) is 9.88 Å². The van der Waals surface area contributed by atoms with E-state index < -0.39 is 0 Å². The summed E-state index contributed by atoms with van der Waals surface area (Å²) in [6, 6.07) is 69.3. The van der Waals surface area contributed by atoms with Crippen molar-refractivity contribution < 1.29 is 4.42 Å². The zero-order valence-corrected chi connectivity index (χ0v) is 33.3. The third kappa shape index (κ3) is 5.09. The van der Waals surface area contributed by atoms with E-state index in [1.807, 2.05) is 12.1 Å². The maximum Gasteiger partial charge on any atom is 0.157 e. The Bertz CT molecular complexity index is 3320. The SMILES string of the molecule is CC1(C)c2ccccc2-c2c(N(c3ccccc3)c3cccc4c3c3cc(C5=Nc6c(oc7ccccc67)C(c6ccccc6)N5)ccc3n4-c3ccccc3)cccc21. The second-order valence-corrected chi connectivity index (χ2v) is 16.4. The van der Waals surface area contributed by atoms with Crippen LogP contribution in [0.4, 0.5) is 22.7 Å². The molecule has 0 saturated carbocycles. The highest BCUT2D eigenvalue weighted by Crippen LogP contribution is 2.55. The van der Waals surface area contributed by atoms with Gasteiger partial charge in [0.05, 0.1) is 22.4 Å². The Morgan fingerprint density at radius 3 is 2.12 bits per heavy atom. The average molecular weight is 773 g/mol. The lowest BCUT2D eigenvalue weighted by molar-refractivity contribution is 0.504. The molecule has 1 N–H and O–H groups in total. The Hall–Kier alpha value is -7.63. The highest BCUT2D eigenvalue weighted by Gasteiger charge is 2.38. The summed E-state index contributed by atoms with van der Waals surface area (Å²) in [5, 5.41) is 7.14. The first-order valence-corrected chi connectivity index (χ1v) is 20.7. The number of aromatic nitrogens is 1. The molecule has 0 amide bonds. The topological polar surface area (TPSA) is 45.7 Å². The minimum Gasteiger partial charge on any atom is -0.456 e. The first kappa shape index (κ1) is 34.4. The van der Waals surface area contributed by atoms with Crippen molar-refractivity contribution in [3.63, 3.8) is 0 Å². The van der Waals surface area contributed by atoms with Crippen molar-refractivity contribution in [3.05, 3.63) is 222 Å². The fourth-order valence-electron chi connectivity index (χ4n) is 9.88. The van der Waals surface area contributed by atoms with E-state index in [-0.39, 0.29) is 11.5 Å². The summed E-state index contributed by atoms with van der Waals surface area (Å²) in [4.78, 5) is 7.83. The number of rotatable bonds is 6. The summed E-state index contributed by atoms with van der Waals surface area (Å²) >= 11 is 0. The van der Waals surface area contributed by atoms with Crippen molar-refractivity contribution in [1.29, 1.82) is 0 Å². The smallest absolute Gasteiger partial charge is 0.157 e. The van der Waals surface area contributed by atoms with Crippen LogP contribution in [0.2, 0.25) is 0 Å². The fourth-order valence-corrected chi connectivity index (χ4v) is 9.88. The minimum atomic E-state index is -0.209. The molecule has 0 bridgehead atoms. The molecule has 5 heteroatoms. The fraction of sp³-hybridized carbons (Fsp3) is 0.0727. The van der Waals surface area contributed by atoms with Gasteiger partial charge in [-0.1, -0.05) is 135 Å². The Morgan fingerprint density at radius 1 is 0.600 bits per heavy atom.